The quantitative estimate of drug-likeness (QED) is 0.648. The number of hydrogen-bond donors (Lipinski definition) is 2. The topological polar surface area (TPSA) is 67.2 Å². The van der Waals surface area contributed by atoms with Crippen molar-refractivity contribution in [1.82, 2.24) is 15.1 Å². The number of aromatic nitrogens is 2. The number of aliphatic hydroxyl groups is 1. The normalized spacial score (nSPS) is 21.8. The molecule has 0 radical (unpaired) electrons. The van der Waals surface area contributed by atoms with Gasteiger partial charge in [-0.1, -0.05) is 43.7 Å². The van der Waals surface area contributed by atoms with Gasteiger partial charge in [0.1, 0.15) is 0 Å². The molecule has 1 atom stereocenters. The Morgan fingerprint density at radius 2 is 1.62 bits per heavy atom. The lowest BCUT2D eigenvalue weighted by Gasteiger charge is -2.39. The van der Waals surface area contributed by atoms with E-state index in [4.69, 9.17) is 16.7 Å². The maximum atomic E-state index is 13.9. The lowest BCUT2D eigenvalue weighted by atomic mass is 9.72. The summed E-state index contributed by atoms with van der Waals surface area (Å²) in [4.78, 5) is 13.9. The van der Waals surface area contributed by atoms with Gasteiger partial charge in [0.05, 0.1) is 17.1 Å². The van der Waals surface area contributed by atoms with Crippen LogP contribution in [-0.4, -0.2) is 26.8 Å². The van der Waals surface area contributed by atoms with Crippen molar-refractivity contribution in [3.05, 3.63) is 46.2 Å². The standard InChI is InChI=1S/C26H34ClN3O2/c27-19-14-16-21(17-15-19)30-24(22-12-6-7-13-23(22)29-30)26(32,18-8-2-1-3-9-18)25(31)28-20-10-4-5-11-20/h14-18,20,32H,1-13H2,(H,28,31). The van der Waals surface area contributed by atoms with Crippen molar-refractivity contribution in [3.8, 4) is 5.69 Å². The number of nitrogens with one attached hydrogen (secondary N) is 1. The molecule has 3 aliphatic carbocycles. The zero-order chi connectivity index (χ0) is 22.1. The first-order valence-electron chi connectivity index (χ1n) is 12.5. The number of halogens is 1. The number of rotatable bonds is 5. The Hall–Kier alpha value is -1.85. The van der Waals surface area contributed by atoms with Gasteiger partial charge in [0.25, 0.3) is 5.91 Å². The number of benzene rings is 1. The monoisotopic (exact) mass is 455 g/mol. The fourth-order valence-electron chi connectivity index (χ4n) is 6.09. The highest BCUT2D eigenvalue weighted by atomic mass is 35.5. The van der Waals surface area contributed by atoms with E-state index in [1.807, 2.05) is 28.9 Å². The Morgan fingerprint density at radius 1 is 0.969 bits per heavy atom. The van der Waals surface area contributed by atoms with Crippen molar-refractivity contribution in [2.45, 2.75) is 95.1 Å². The van der Waals surface area contributed by atoms with Gasteiger partial charge in [-0.15, -0.1) is 0 Å². The lowest BCUT2D eigenvalue weighted by Crippen LogP contribution is -2.53. The van der Waals surface area contributed by atoms with E-state index in [-0.39, 0.29) is 17.9 Å². The molecule has 6 heteroatoms. The van der Waals surface area contributed by atoms with Gasteiger partial charge < -0.3 is 10.4 Å². The number of hydrogen-bond acceptors (Lipinski definition) is 3. The van der Waals surface area contributed by atoms with Crippen LogP contribution in [0.1, 0.15) is 87.6 Å². The van der Waals surface area contributed by atoms with E-state index in [9.17, 15) is 9.90 Å². The predicted octanol–water partition coefficient (Wildman–Crippen LogP) is 5.23. The number of aryl methyl sites for hydroxylation is 1. The third kappa shape index (κ3) is 3.99. The molecule has 2 aromatic rings. The first-order valence-corrected chi connectivity index (χ1v) is 12.9. The van der Waals surface area contributed by atoms with Crippen molar-refractivity contribution in [3.63, 3.8) is 0 Å². The fourth-order valence-corrected chi connectivity index (χ4v) is 6.21. The molecule has 5 rings (SSSR count). The molecule has 0 saturated heterocycles. The molecule has 1 aromatic carbocycles. The van der Waals surface area contributed by atoms with Crippen LogP contribution in [0, 0.1) is 5.92 Å². The van der Waals surface area contributed by atoms with Crippen LogP contribution in [-0.2, 0) is 23.2 Å². The molecule has 2 saturated carbocycles. The molecule has 172 valence electrons. The third-order valence-corrected chi connectivity index (χ3v) is 8.07. The second kappa shape index (κ2) is 9.18. The van der Waals surface area contributed by atoms with Crippen LogP contribution in [0.2, 0.25) is 5.02 Å². The van der Waals surface area contributed by atoms with Crippen LogP contribution in [0.5, 0.6) is 0 Å². The van der Waals surface area contributed by atoms with E-state index in [1.54, 1.807) is 0 Å². The molecule has 32 heavy (non-hydrogen) atoms. The number of carbonyl (C=O) groups is 1. The van der Waals surface area contributed by atoms with Crippen LogP contribution in [0.3, 0.4) is 0 Å². The van der Waals surface area contributed by atoms with E-state index in [0.29, 0.717) is 10.7 Å². The summed E-state index contributed by atoms with van der Waals surface area (Å²) in [6.07, 6.45) is 13.2. The van der Waals surface area contributed by atoms with Crippen molar-refractivity contribution >= 4 is 17.5 Å². The summed E-state index contributed by atoms with van der Waals surface area (Å²) in [5.41, 5.74) is 2.10. The molecule has 3 aliphatic rings. The van der Waals surface area contributed by atoms with Gasteiger partial charge in [-0.3, -0.25) is 4.79 Å². The SMILES string of the molecule is O=C(NC1CCCC1)C(O)(c1c2c(nn1-c1ccc(Cl)cc1)CCCC2)C1CCCCC1. The smallest absolute Gasteiger partial charge is 0.258 e. The maximum absolute atomic E-state index is 13.9. The van der Waals surface area contributed by atoms with E-state index >= 15 is 0 Å². The minimum atomic E-state index is -1.57. The zero-order valence-corrected chi connectivity index (χ0v) is 19.5. The molecule has 5 nitrogen and oxygen atoms in total. The Bertz CT molecular complexity index is 958. The predicted molar refractivity (Wildman–Crippen MR) is 126 cm³/mol. The number of fused-ring (bicyclic) bond motifs is 1. The van der Waals surface area contributed by atoms with Crippen LogP contribution >= 0.6 is 11.6 Å². The van der Waals surface area contributed by atoms with Gasteiger partial charge in [0.15, 0.2) is 5.60 Å². The van der Waals surface area contributed by atoms with Gasteiger partial charge in [0, 0.05) is 22.5 Å². The Balaban J connectivity index is 1.65. The molecular weight excluding hydrogens is 422 g/mol. The van der Waals surface area contributed by atoms with Gasteiger partial charge >= 0.3 is 0 Å². The molecule has 0 spiro atoms. The van der Waals surface area contributed by atoms with Crippen molar-refractivity contribution in [2.75, 3.05) is 0 Å². The molecule has 1 heterocycles. The molecule has 0 bridgehead atoms. The second-order valence-corrected chi connectivity index (χ2v) is 10.4. The Kier molecular flexibility index (Phi) is 6.31. The average molecular weight is 456 g/mol. The van der Waals surface area contributed by atoms with Crippen molar-refractivity contribution < 1.29 is 9.90 Å². The minimum Gasteiger partial charge on any atom is -0.374 e. The number of amides is 1. The summed E-state index contributed by atoms with van der Waals surface area (Å²) in [6.45, 7) is 0. The minimum absolute atomic E-state index is 0.0913. The van der Waals surface area contributed by atoms with Crippen LogP contribution in [0.15, 0.2) is 24.3 Å². The van der Waals surface area contributed by atoms with Gasteiger partial charge in [0.2, 0.25) is 0 Å². The van der Waals surface area contributed by atoms with E-state index in [0.717, 1.165) is 94.0 Å². The third-order valence-electron chi connectivity index (χ3n) is 7.82. The van der Waals surface area contributed by atoms with Gasteiger partial charge in [-0.25, -0.2) is 4.68 Å². The second-order valence-electron chi connectivity index (χ2n) is 9.93. The molecular formula is C26H34ClN3O2. The van der Waals surface area contributed by atoms with Crippen LogP contribution in [0.4, 0.5) is 0 Å². The van der Waals surface area contributed by atoms with Crippen LogP contribution in [0.25, 0.3) is 5.69 Å². The molecule has 2 fully saturated rings. The van der Waals surface area contributed by atoms with Crippen LogP contribution < -0.4 is 5.32 Å². The molecule has 2 N–H and O–H groups in total. The van der Waals surface area contributed by atoms with E-state index in [2.05, 4.69) is 5.32 Å². The highest BCUT2D eigenvalue weighted by Crippen LogP contribution is 2.44. The van der Waals surface area contributed by atoms with Gasteiger partial charge in [-0.05, 0) is 75.6 Å². The number of nitrogens with zero attached hydrogens (tertiary/aromatic N) is 2. The maximum Gasteiger partial charge on any atom is 0.258 e. The van der Waals surface area contributed by atoms with E-state index < -0.39 is 5.60 Å². The van der Waals surface area contributed by atoms with E-state index in [1.165, 1.54) is 6.42 Å². The summed E-state index contributed by atoms with van der Waals surface area (Å²) < 4.78 is 1.86. The molecule has 1 aromatic heterocycles. The summed E-state index contributed by atoms with van der Waals surface area (Å²) in [5.74, 6) is -0.314. The molecule has 1 unspecified atom stereocenters. The average Bonchev–Trinajstić information content (AvgIpc) is 3.47. The summed E-state index contributed by atoms with van der Waals surface area (Å²) in [6, 6.07) is 7.72. The highest BCUT2D eigenvalue weighted by Gasteiger charge is 2.50. The summed E-state index contributed by atoms with van der Waals surface area (Å²) in [7, 11) is 0. The summed E-state index contributed by atoms with van der Waals surface area (Å²) >= 11 is 6.15. The largest absolute Gasteiger partial charge is 0.374 e. The lowest BCUT2D eigenvalue weighted by molar-refractivity contribution is -0.151. The summed E-state index contributed by atoms with van der Waals surface area (Å²) in [5, 5.41) is 21.3. The molecule has 1 amide bonds. The van der Waals surface area contributed by atoms with Crippen molar-refractivity contribution in [2.24, 2.45) is 5.92 Å². The molecule has 0 aliphatic heterocycles. The van der Waals surface area contributed by atoms with Gasteiger partial charge in [-0.2, -0.15) is 5.10 Å². The highest BCUT2D eigenvalue weighted by molar-refractivity contribution is 6.30. The zero-order valence-electron chi connectivity index (χ0n) is 18.8. The first-order chi connectivity index (χ1) is 15.6. The Morgan fingerprint density at radius 3 is 2.34 bits per heavy atom. The number of carbonyl (C=O) groups excluding carboxylic acids is 1. The fraction of sp³-hybridized carbons (Fsp3) is 0.615. The van der Waals surface area contributed by atoms with Crippen molar-refractivity contribution in [1.29, 1.82) is 0 Å². The first kappa shape index (κ1) is 22.0. The Labute approximate surface area is 195 Å².